The largest absolute Gasteiger partial charge is 0.475 e. The number of carboxylic acids is 1. The van der Waals surface area contributed by atoms with Gasteiger partial charge in [0.15, 0.2) is 0 Å². The van der Waals surface area contributed by atoms with Gasteiger partial charge in [0.2, 0.25) is 0 Å². The highest BCUT2D eigenvalue weighted by molar-refractivity contribution is 6.39. The monoisotopic (exact) mass is 222 g/mol. The lowest BCUT2D eigenvalue weighted by molar-refractivity contribution is -0.131. The van der Waals surface area contributed by atoms with Crippen molar-refractivity contribution in [3.05, 3.63) is 34.9 Å². The van der Waals surface area contributed by atoms with Crippen LogP contribution in [0.3, 0.4) is 0 Å². The van der Waals surface area contributed by atoms with Gasteiger partial charge in [0, 0.05) is 5.56 Å². The predicted molar refractivity (Wildman–Crippen MR) is 54.5 cm³/mol. The van der Waals surface area contributed by atoms with Gasteiger partial charge in [-0.3, -0.25) is 4.79 Å². The minimum absolute atomic E-state index is 0.0395. The van der Waals surface area contributed by atoms with Crippen molar-refractivity contribution in [1.82, 2.24) is 0 Å². The molecule has 5 heteroatoms. The van der Waals surface area contributed by atoms with Crippen LogP contribution in [-0.4, -0.2) is 29.9 Å². The fourth-order valence-electron chi connectivity index (χ4n) is 1.27. The van der Waals surface area contributed by atoms with E-state index >= 15 is 0 Å². The molecule has 1 N–H and O–H groups in total. The summed E-state index contributed by atoms with van der Waals surface area (Å²) in [4.78, 5) is 32.8. The van der Waals surface area contributed by atoms with E-state index in [4.69, 9.17) is 5.11 Å². The van der Waals surface area contributed by atoms with Gasteiger partial charge in [0.25, 0.3) is 5.78 Å². The maximum absolute atomic E-state index is 11.2. The van der Waals surface area contributed by atoms with Crippen LogP contribution in [0.15, 0.2) is 18.2 Å². The summed E-state index contributed by atoms with van der Waals surface area (Å²) in [5, 5.41) is 8.51. The molecule has 0 saturated heterocycles. The van der Waals surface area contributed by atoms with Crippen molar-refractivity contribution >= 4 is 17.7 Å². The Hall–Kier alpha value is -2.17. The number of ether oxygens (including phenoxy) is 1. The van der Waals surface area contributed by atoms with Crippen LogP contribution < -0.4 is 0 Å². The first kappa shape index (κ1) is 11.9. The molecule has 0 aromatic heterocycles. The Morgan fingerprint density at radius 2 is 1.88 bits per heavy atom. The van der Waals surface area contributed by atoms with Gasteiger partial charge in [0.1, 0.15) is 0 Å². The van der Waals surface area contributed by atoms with Crippen molar-refractivity contribution in [3.63, 3.8) is 0 Å². The number of benzene rings is 1. The third-order valence-electron chi connectivity index (χ3n) is 2.09. The normalized spacial score (nSPS) is 9.62. The Morgan fingerprint density at radius 1 is 1.25 bits per heavy atom. The molecular formula is C11H10O5. The molecule has 1 rings (SSSR count). The molecule has 0 atom stereocenters. The van der Waals surface area contributed by atoms with E-state index in [9.17, 15) is 14.4 Å². The van der Waals surface area contributed by atoms with Gasteiger partial charge in [-0.1, -0.05) is 0 Å². The molecule has 0 unspecified atom stereocenters. The minimum Gasteiger partial charge on any atom is -0.475 e. The summed E-state index contributed by atoms with van der Waals surface area (Å²) in [7, 11) is 1.25. The molecule has 0 fully saturated rings. The zero-order chi connectivity index (χ0) is 12.3. The molecule has 0 radical (unpaired) electrons. The van der Waals surface area contributed by atoms with Gasteiger partial charge in [-0.2, -0.15) is 0 Å². The maximum atomic E-state index is 11.2. The van der Waals surface area contributed by atoms with Gasteiger partial charge in [-0.05, 0) is 30.7 Å². The molecular weight excluding hydrogens is 212 g/mol. The Morgan fingerprint density at radius 3 is 2.31 bits per heavy atom. The van der Waals surface area contributed by atoms with Crippen LogP contribution in [0.1, 0.15) is 26.3 Å². The highest BCUT2D eigenvalue weighted by atomic mass is 16.5. The standard InChI is InChI=1S/C11H10O5/c1-6-5-7(9(12)10(13)14)3-4-8(6)11(15)16-2/h3-5H,1-2H3,(H,13,14). The maximum Gasteiger partial charge on any atom is 0.377 e. The summed E-state index contributed by atoms with van der Waals surface area (Å²) >= 11 is 0. The SMILES string of the molecule is COC(=O)c1ccc(C(=O)C(=O)O)cc1C. The predicted octanol–water partition coefficient (Wildman–Crippen LogP) is 1.05. The van der Waals surface area contributed by atoms with E-state index in [0.29, 0.717) is 11.1 Å². The molecule has 0 aliphatic rings. The van der Waals surface area contributed by atoms with E-state index in [-0.39, 0.29) is 5.56 Å². The Labute approximate surface area is 91.6 Å². The lowest BCUT2D eigenvalue weighted by Gasteiger charge is -2.04. The van der Waals surface area contributed by atoms with E-state index in [0.717, 1.165) is 0 Å². The van der Waals surface area contributed by atoms with Crippen LogP contribution in [0.4, 0.5) is 0 Å². The van der Waals surface area contributed by atoms with Crippen molar-refractivity contribution in [2.24, 2.45) is 0 Å². The molecule has 5 nitrogen and oxygen atoms in total. The van der Waals surface area contributed by atoms with E-state index in [1.807, 2.05) is 0 Å². The van der Waals surface area contributed by atoms with E-state index in [2.05, 4.69) is 4.74 Å². The van der Waals surface area contributed by atoms with Gasteiger partial charge in [-0.25, -0.2) is 9.59 Å². The smallest absolute Gasteiger partial charge is 0.377 e. The topological polar surface area (TPSA) is 80.7 Å². The molecule has 1 aromatic carbocycles. The number of methoxy groups -OCH3 is 1. The number of carboxylic acid groups (broad SMARTS) is 1. The molecule has 16 heavy (non-hydrogen) atoms. The summed E-state index contributed by atoms with van der Waals surface area (Å²) in [6.07, 6.45) is 0. The molecule has 0 bridgehead atoms. The second-order valence-electron chi connectivity index (χ2n) is 3.16. The average Bonchev–Trinajstić information content (AvgIpc) is 2.26. The Balaban J connectivity index is 3.14. The quantitative estimate of drug-likeness (QED) is 0.469. The molecule has 0 aliphatic heterocycles. The van der Waals surface area contributed by atoms with Crippen molar-refractivity contribution in [1.29, 1.82) is 0 Å². The van der Waals surface area contributed by atoms with Crippen LogP contribution in [0.25, 0.3) is 0 Å². The number of carbonyl (C=O) groups excluding carboxylic acids is 2. The second kappa shape index (κ2) is 4.57. The van der Waals surface area contributed by atoms with E-state index < -0.39 is 17.7 Å². The first-order valence-corrected chi connectivity index (χ1v) is 4.44. The highest BCUT2D eigenvalue weighted by Gasteiger charge is 2.17. The van der Waals surface area contributed by atoms with E-state index in [1.54, 1.807) is 6.92 Å². The van der Waals surface area contributed by atoms with Crippen LogP contribution in [0.2, 0.25) is 0 Å². The van der Waals surface area contributed by atoms with Crippen LogP contribution in [-0.2, 0) is 9.53 Å². The molecule has 84 valence electrons. The van der Waals surface area contributed by atoms with Gasteiger partial charge >= 0.3 is 11.9 Å². The first-order chi connectivity index (χ1) is 7.47. The molecule has 0 spiro atoms. The summed E-state index contributed by atoms with van der Waals surface area (Å²) in [5.41, 5.74) is 0.848. The lowest BCUT2D eigenvalue weighted by Crippen LogP contribution is -2.13. The third kappa shape index (κ3) is 2.25. The minimum atomic E-state index is -1.52. The number of rotatable bonds is 3. The number of Topliss-reactive ketones (excluding diaryl/α,β-unsaturated/α-hetero) is 1. The lowest BCUT2D eigenvalue weighted by atomic mass is 10.0. The summed E-state index contributed by atoms with van der Waals surface area (Å²) in [6, 6.07) is 4.01. The second-order valence-corrected chi connectivity index (χ2v) is 3.16. The first-order valence-electron chi connectivity index (χ1n) is 4.44. The highest BCUT2D eigenvalue weighted by Crippen LogP contribution is 2.12. The molecule has 0 saturated carbocycles. The summed E-state index contributed by atoms with van der Waals surface area (Å²) in [5.74, 6) is -3.04. The molecule has 1 aromatic rings. The Bertz CT molecular complexity index is 461. The fraction of sp³-hybridized carbons (Fsp3) is 0.182. The zero-order valence-electron chi connectivity index (χ0n) is 8.81. The van der Waals surface area contributed by atoms with Crippen molar-refractivity contribution in [2.45, 2.75) is 6.92 Å². The number of hydrogen-bond donors (Lipinski definition) is 1. The third-order valence-corrected chi connectivity index (χ3v) is 2.09. The molecule has 0 heterocycles. The molecule has 0 amide bonds. The van der Waals surface area contributed by atoms with Crippen molar-refractivity contribution in [2.75, 3.05) is 7.11 Å². The van der Waals surface area contributed by atoms with Crippen LogP contribution >= 0.6 is 0 Å². The summed E-state index contributed by atoms with van der Waals surface area (Å²) < 4.78 is 4.52. The number of aliphatic carboxylic acids is 1. The van der Waals surface area contributed by atoms with Crippen molar-refractivity contribution in [3.8, 4) is 0 Å². The number of ketones is 1. The van der Waals surface area contributed by atoms with Crippen LogP contribution in [0, 0.1) is 6.92 Å². The van der Waals surface area contributed by atoms with Crippen LogP contribution in [0.5, 0.6) is 0 Å². The van der Waals surface area contributed by atoms with E-state index in [1.165, 1.54) is 25.3 Å². The summed E-state index contributed by atoms with van der Waals surface area (Å²) in [6.45, 7) is 1.60. The van der Waals surface area contributed by atoms with Gasteiger partial charge < -0.3 is 9.84 Å². The van der Waals surface area contributed by atoms with Crippen molar-refractivity contribution < 1.29 is 24.2 Å². The zero-order valence-corrected chi connectivity index (χ0v) is 8.81. The van der Waals surface area contributed by atoms with Gasteiger partial charge in [0.05, 0.1) is 12.7 Å². The number of aryl methyl sites for hydroxylation is 1. The molecule has 0 aliphatic carbocycles. The Kier molecular flexibility index (Phi) is 3.40. The van der Waals surface area contributed by atoms with Gasteiger partial charge in [-0.15, -0.1) is 0 Å². The number of esters is 1. The fourth-order valence-corrected chi connectivity index (χ4v) is 1.27. The number of carbonyl (C=O) groups is 3. The average molecular weight is 222 g/mol. The number of hydrogen-bond acceptors (Lipinski definition) is 4.